The van der Waals surface area contributed by atoms with Gasteiger partial charge in [-0.1, -0.05) is 17.7 Å². The Morgan fingerprint density at radius 2 is 1.95 bits per heavy atom. The van der Waals surface area contributed by atoms with Crippen molar-refractivity contribution in [3.63, 3.8) is 0 Å². The quantitative estimate of drug-likeness (QED) is 0.694. The summed E-state index contributed by atoms with van der Waals surface area (Å²) >= 11 is 0. The minimum absolute atomic E-state index is 0.252. The SMILES string of the molecule is Cc1ccc(NC(=O)C(C#N)C(=O)c2ccoc2C)c(C)c1. The van der Waals surface area contributed by atoms with Crippen LogP contribution < -0.4 is 5.32 Å². The maximum absolute atomic E-state index is 12.3. The first-order chi connectivity index (χ1) is 10.4. The minimum atomic E-state index is -1.41. The van der Waals surface area contributed by atoms with Gasteiger partial charge >= 0.3 is 0 Å². The number of ketones is 1. The van der Waals surface area contributed by atoms with Gasteiger partial charge in [-0.05, 0) is 38.5 Å². The van der Waals surface area contributed by atoms with Crippen LogP contribution in [0.3, 0.4) is 0 Å². The number of furan rings is 1. The fraction of sp³-hybridized carbons (Fsp3) is 0.235. The van der Waals surface area contributed by atoms with Crippen LogP contribution in [0.15, 0.2) is 34.9 Å². The highest BCUT2D eigenvalue weighted by molar-refractivity contribution is 6.16. The number of hydrogen-bond acceptors (Lipinski definition) is 4. The Bertz CT molecular complexity index is 768. The Labute approximate surface area is 128 Å². The van der Waals surface area contributed by atoms with Crippen molar-refractivity contribution in [2.75, 3.05) is 5.32 Å². The summed E-state index contributed by atoms with van der Waals surface area (Å²) in [5.41, 5.74) is 2.78. The average molecular weight is 296 g/mol. The Hall–Kier alpha value is -2.87. The number of nitriles is 1. The molecule has 2 aromatic rings. The van der Waals surface area contributed by atoms with E-state index >= 15 is 0 Å². The lowest BCUT2D eigenvalue weighted by Crippen LogP contribution is -2.29. The lowest BCUT2D eigenvalue weighted by Gasteiger charge is -2.11. The molecular formula is C17H16N2O3. The number of rotatable bonds is 4. The predicted molar refractivity (Wildman–Crippen MR) is 81.4 cm³/mol. The smallest absolute Gasteiger partial charge is 0.249 e. The van der Waals surface area contributed by atoms with Crippen molar-refractivity contribution in [1.82, 2.24) is 0 Å². The zero-order valence-electron chi connectivity index (χ0n) is 12.6. The first kappa shape index (κ1) is 15.5. The standard InChI is InChI=1S/C17H16N2O3/c1-10-4-5-15(11(2)8-10)19-17(21)14(9-18)16(20)13-6-7-22-12(13)3/h4-8,14H,1-3H3,(H,19,21). The normalized spacial score (nSPS) is 11.5. The summed E-state index contributed by atoms with van der Waals surface area (Å²) < 4.78 is 5.05. The van der Waals surface area contributed by atoms with Crippen molar-refractivity contribution in [3.8, 4) is 6.07 Å². The molecule has 0 aliphatic heterocycles. The van der Waals surface area contributed by atoms with Gasteiger partial charge in [-0.15, -0.1) is 0 Å². The lowest BCUT2D eigenvalue weighted by molar-refractivity contribution is -0.117. The van der Waals surface area contributed by atoms with Crippen LogP contribution in [0.2, 0.25) is 0 Å². The number of carbonyl (C=O) groups is 2. The molecule has 0 radical (unpaired) electrons. The van der Waals surface area contributed by atoms with Gasteiger partial charge in [0.1, 0.15) is 5.76 Å². The monoisotopic (exact) mass is 296 g/mol. The molecule has 0 aliphatic rings. The maximum Gasteiger partial charge on any atom is 0.249 e. The minimum Gasteiger partial charge on any atom is -0.469 e. The fourth-order valence-corrected chi connectivity index (χ4v) is 2.19. The van der Waals surface area contributed by atoms with Crippen molar-refractivity contribution < 1.29 is 14.0 Å². The van der Waals surface area contributed by atoms with Gasteiger partial charge in [-0.3, -0.25) is 9.59 Å². The number of Topliss-reactive ketones (excluding diaryl/α,β-unsaturated/α-hetero) is 1. The van der Waals surface area contributed by atoms with Crippen LogP contribution in [-0.2, 0) is 4.79 Å². The predicted octanol–water partition coefficient (Wildman–Crippen LogP) is 3.17. The molecule has 22 heavy (non-hydrogen) atoms. The van der Waals surface area contributed by atoms with E-state index < -0.39 is 17.6 Å². The number of amides is 1. The molecular weight excluding hydrogens is 280 g/mol. The van der Waals surface area contributed by atoms with Crippen LogP contribution in [0.5, 0.6) is 0 Å². The highest BCUT2D eigenvalue weighted by Gasteiger charge is 2.29. The molecule has 0 aliphatic carbocycles. The molecule has 0 saturated heterocycles. The third-order valence-electron chi connectivity index (χ3n) is 3.42. The molecule has 1 heterocycles. The second-order valence-corrected chi connectivity index (χ2v) is 5.12. The molecule has 2 rings (SSSR count). The van der Waals surface area contributed by atoms with E-state index in [-0.39, 0.29) is 5.56 Å². The number of aryl methyl sites for hydroxylation is 3. The third kappa shape index (κ3) is 3.07. The van der Waals surface area contributed by atoms with Gasteiger partial charge in [0.15, 0.2) is 11.7 Å². The fourth-order valence-electron chi connectivity index (χ4n) is 2.19. The van der Waals surface area contributed by atoms with Gasteiger partial charge in [-0.2, -0.15) is 5.26 Å². The van der Waals surface area contributed by atoms with Crippen LogP contribution in [0.25, 0.3) is 0 Å². The molecule has 1 amide bonds. The summed E-state index contributed by atoms with van der Waals surface area (Å²) in [4.78, 5) is 24.5. The van der Waals surface area contributed by atoms with E-state index in [1.165, 1.54) is 12.3 Å². The Kier molecular flexibility index (Phi) is 4.42. The first-order valence-electron chi connectivity index (χ1n) is 6.80. The molecule has 1 atom stereocenters. The summed E-state index contributed by atoms with van der Waals surface area (Å²) in [6.07, 6.45) is 1.36. The molecule has 0 bridgehead atoms. The topological polar surface area (TPSA) is 83.1 Å². The lowest BCUT2D eigenvalue weighted by atomic mass is 9.98. The summed E-state index contributed by atoms with van der Waals surface area (Å²) in [6.45, 7) is 5.41. The zero-order valence-corrected chi connectivity index (χ0v) is 12.6. The second-order valence-electron chi connectivity index (χ2n) is 5.12. The van der Waals surface area contributed by atoms with Crippen molar-refractivity contribution in [3.05, 3.63) is 53.0 Å². The molecule has 5 nitrogen and oxygen atoms in total. The zero-order chi connectivity index (χ0) is 16.3. The molecule has 5 heteroatoms. The van der Waals surface area contributed by atoms with Crippen molar-refractivity contribution >= 4 is 17.4 Å². The molecule has 0 spiro atoms. The van der Waals surface area contributed by atoms with Crippen LogP contribution in [0.4, 0.5) is 5.69 Å². The van der Waals surface area contributed by atoms with Crippen molar-refractivity contribution in [1.29, 1.82) is 5.26 Å². The van der Waals surface area contributed by atoms with Crippen LogP contribution in [-0.4, -0.2) is 11.7 Å². The molecule has 1 aromatic heterocycles. The summed E-state index contributed by atoms with van der Waals surface area (Å²) in [6, 6.07) is 8.75. The molecule has 112 valence electrons. The van der Waals surface area contributed by atoms with Crippen LogP contribution >= 0.6 is 0 Å². The Balaban J connectivity index is 2.21. The van der Waals surface area contributed by atoms with Crippen LogP contribution in [0.1, 0.15) is 27.2 Å². The summed E-state index contributed by atoms with van der Waals surface area (Å²) in [7, 11) is 0. The van der Waals surface area contributed by atoms with E-state index in [0.29, 0.717) is 11.4 Å². The maximum atomic E-state index is 12.3. The number of anilines is 1. The highest BCUT2D eigenvalue weighted by Crippen LogP contribution is 2.19. The molecule has 1 aromatic carbocycles. The molecule has 1 unspecified atom stereocenters. The molecule has 0 fully saturated rings. The number of hydrogen-bond donors (Lipinski definition) is 1. The largest absolute Gasteiger partial charge is 0.469 e. The third-order valence-corrected chi connectivity index (χ3v) is 3.42. The van der Waals surface area contributed by atoms with Gasteiger partial charge in [0, 0.05) is 5.69 Å². The summed E-state index contributed by atoms with van der Waals surface area (Å²) in [5, 5.41) is 11.8. The van der Waals surface area contributed by atoms with E-state index in [9.17, 15) is 14.9 Å². The summed E-state index contributed by atoms with van der Waals surface area (Å²) in [5.74, 6) is -2.21. The van der Waals surface area contributed by atoms with E-state index in [0.717, 1.165) is 11.1 Å². The van der Waals surface area contributed by atoms with Crippen LogP contribution in [0, 0.1) is 38.0 Å². The van der Waals surface area contributed by atoms with Gasteiger partial charge in [0.05, 0.1) is 17.9 Å². The number of carbonyl (C=O) groups excluding carboxylic acids is 2. The number of nitrogens with zero attached hydrogens (tertiary/aromatic N) is 1. The average Bonchev–Trinajstić information content (AvgIpc) is 2.89. The Morgan fingerprint density at radius 1 is 1.23 bits per heavy atom. The number of benzene rings is 1. The van der Waals surface area contributed by atoms with Gasteiger partial charge in [0.25, 0.3) is 0 Å². The first-order valence-corrected chi connectivity index (χ1v) is 6.80. The van der Waals surface area contributed by atoms with Gasteiger partial charge < -0.3 is 9.73 Å². The van der Waals surface area contributed by atoms with E-state index in [1.54, 1.807) is 19.1 Å². The molecule has 1 N–H and O–H groups in total. The van der Waals surface area contributed by atoms with Crippen molar-refractivity contribution in [2.45, 2.75) is 20.8 Å². The molecule has 0 saturated carbocycles. The highest BCUT2D eigenvalue weighted by atomic mass is 16.3. The van der Waals surface area contributed by atoms with E-state index in [1.807, 2.05) is 26.0 Å². The van der Waals surface area contributed by atoms with Gasteiger partial charge in [-0.25, -0.2) is 0 Å². The van der Waals surface area contributed by atoms with Gasteiger partial charge in [0.2, 0.25) is 5.91 Å². The Morgan fingerprint density at radius 3 is 2.50 bits per heavy atom. The second kappa shape index (κ2) is 6.27. The van der Waals surface area contributed by atoms with Crippen molar-refractivity contribution in [2.24, 2.45) is 5.92 Å². The van der Waals surface area contributed by atoms with E-state index in [4.69, 9.17) is 4.42 Å². The van der Waals surface area contributed by atoms with E-state index in [2.05, 4.69) is 5.32 Å². The number of nitrogens with one attached hydrogen (secondary N) is 1.